The van der Waals surface area contributed by atoms with Crippen molar-refractivity contribution in [1.29, 1.82) is 0 Å². The third kappa shape index (κ3) is 4.33. The summed E-state index contributed by atoms with van der Waals surface area (Å²) in [5, 5.41) is 12.6. The van der Waals surface area contributed by atoms with E-state index in [0.29, 0.717) is 28.7 Å². The molecule has 1 atom stereocenters. The summed E-state index contributed by atoms with van der Waals surface area (Å²) in [6, 6.07) is 4.22. The number of benzene rings is 1. The quantitative estimate of drug-likeness (QED) is 0.890. The molecule has 2 N–H and O–H groups in total. The van der Waals surface area contributed by atoms with Gasteiger partial charge in [-0.15, -0.1) is 0 Å². The third-order valence-electron chi connectivity index (χ3n) is 3.45. The Morgan fingerprint density at radius 3 is 2.71 bits per heavy atom. The number of piperidine rings is 1. The number of carboxylic acids is 1. The van der Waals surface area contributed by atoms with Gasteiger partial charge in [-0.3, -0.25) is 14.5 Å². The van der Waals surface area contributed by atoms with E-state index in [4.69, 9.17) is 23.2 Å². The molecule has 1 heterocycles. The van der Waals surface area contributed by atoms with Crippen LogP contribution >= 0.6 is 23.2 Å². The van der Waals surface area contributed by atoms with Crippen LogP contribution in [0, 0.1) is 0 Å². The Bertz CT molecular complexity index is 551. The Morgan fingerprint density at radius 1 is 1.29 bits per heavy atom. The van der Waals surface area contributed by atoms with Gasteiger partial charge in [0.15, 0.2) is 0 Å². The zero-order valence-electron chi connectivity index (χ0n) is 11.3. The summed E-state index contributed by atoms with van der Waals surface area (Å²) >= 11 is 11.7. The lowest BCUT2D eigenvalue weighted by Crippen LogP contribution is -2.47. The van der Waals surface area contributed by atoms with Crippen molar-refractivity contribution in [2.24, 2.45) is 0 Å². The predicted octanol–water partition coefficient (Wildman–Crippen LogP) is 2.87. The number of anilines is 1. The molecule has 1 fully saturated rings. The van der Waals surface area contributed by atoms with Crippen LogP contribution in [0.4, 0.5) is 5.69 Å². The van der Waals surface area contributed by atoms with Crippen LogP contribution in [0.15, 0.2) is 18.2 Å². The fraction of sp³-hybridized carbons (Fsp3) is 0.429. The topological polar surface area (TPSA) is 69.6 Å². The fourth-order valence-electron chi connectivity index (χ4n) is 2.42. The molecule has 2 rings (SSSR count). The van der Waals surface area contributed by atoms with Gasteiger partial charge in [-0.1, -0.05) is 29.6 Å². The van der Waals surface area contributed by atoms with Crippen LogP contribution in [-0.4, -0.2) is 41.0 Å². The smallest absolute Gasteiger partial charge is 0.320 e. The summed E-state index contributed by atoms with van der Waals surface area (Å²) in [6.45, 7) is 0.670. The maximum Gasteiger partial charge on any atom is 0.320 e. The van der Waals surface area contributed by atoms with Crippen LogP contribution in [0.2, 0.25) is 10.0 Å². The van der Waals surface area contributed by atoms with E-state index >= 15 is 0 Å². The van der Waals surface area contributed by atoms with Crippen LogP contribution in [0.5, 0.6) is 0 Å². The number of rotatable bonds is 4. The second-order valence-electron chi connectivity index (χ2n) is 5.00. The van der Waals surface area contributed by atoms with Crippen molar-refractivity contribution in [3.8, 4) is 0 Å². The number of amides is 1. The van der Waals surface area contributed by atoms with Gasteiger partial charge in [0.2, 0.25) is 5.91 Å². The lowest BCUT2D eigenvalue weighted by molar-refractivity contribution is -0.145. The molecule has 1 aromatic carbocycles. The van der Waals surface area contributed by atoms with Crippen LogP contribution in [0.25, 0.3) is 0 Å². The van der Waals surface area contributed by atoms with Crippen molar-refractivity contribution < 1.29 is 14.7 Å². The summed E-state index contributed by atoms with van der Waals surface area (Å²) in [4.78, 5) is 24.9. The lowest BCUT2D eigenvalue weighted by atomic mass is 10.0. The zero-order valence-corrected chi connectivity index (χ0v) is 12.8. The minimum Gasteiger partial charge on any atom is -0.480 e. The summed E-state index contributed by atoms with van der Waals surface area (Å²) < 4.78 is 0. The molecule has 1 aliphatic rings. The van der Waals surface area contributed by atoms with Gasteiger partial charge >= 0.3 is 5.97 Å². The van der Waals surface area contributed by atoms with Gasteiger partial charge in [-0.2, -0.15) is 0 Å². The molecule has 1 aliphatic heterocycles. The van der Waals surface area contributed by atoms with Gasteiger partial charge in [0.05, 0.1) is 16.6 Å². The van der Waals surface area contributed by atoms with Crippen molar-refractivity contribution in [2.75, 3.05) is 18.4 Å². The number of carbonyl (C=O) groups is 2. The van der Waals surface area contributed by atoms with E-state index in [9.17, 15) is 14.7 Å². The minimum atomic E-state index is -0.878. The number of hydrogen-bond donors (Lipinski definition) is 2. The van der Waals surface area contributed by atoms with E-state index in [1.54, 1.807) is 23.1 Å². The number of halogens is 2. The number of carboxylic acid groups (broad SMARTS) is 1. The Kier molecular flexibility index (Phi) is 5.45. The van der Waals surface area contributed by atoms with Gasteiger partial charge in [-0.25, -0.2) is 0 Å². The molecule has 0 radical (unpaired) electrons. The van der Waals surface area contributed by atoms with E-state index in [0.717, 1.165) is 12.8 Å². The first-order valence-electron chi connectivity index (χ1n) is 6.69. The number of hydrogen-bond acceptors (Lipinski definition) is 3. The largest absolute Gasteiger partial charge is 0.480 e. The molecular weight excluding hydrogens is 315 g/mol. The van der Waals surface area contributed by atoms with Crippen LogP contribution in [0.1, 0.15) is 19.3 Å². The molecule has 21 heavy (non-hydrogen) atoms. The lowest BCUT2D eigenvalue weighted by Gasteiger charge is -2.32. The van der Waals surface area contributed by atoms with Gasteiger partial charge in [-0.05, 0) is 37.6 Å². The molecule has 1 saturated heterocycles. The highest BCUT2D eigenvalue weighted by molar-refractivity contribution is 6.42. The van der Waals surface area contributed by atoms with Crippen molar-refractivity contribution in [1.82, 2.24) is 4.90 Å². The number of likely N-dealkylation sites (tertiary alicyclic amines) is 1. The van der Waals surface area contributed by atoms with Gasteiger partial charge in [0.25, 0.3) is 0 Å². The Balaban J connectivity index is 1.97. The summed E-state index contributed by atoms with van der Waals surface area (Å²) in [5.41, 5.74) is 0.540. The molecule has 0 bridgehead atoms. The fourth-order valence-corrected chi connectivity index (χ4v) is 2.72. The first-order chi connectivity index (χ1) is 9.97. The van der Waals surface area contributed by atoms with Crippen LogP contribution < -0.4 is 5.32 Å². The Morgan fingerprint density at radius 2 is 2.05 bits per heavy atom. The molecule has 0 aliphatic carbocycles. The van der Waals surface area contributed by atoms with Crippen LogP contribution in [-0.2, 0) is 9.59 Å². The molecule has 0 aromatic heterocycles. The molecule has 114 valence electrons. The van der Waals surface area contributed by atoms with Crippen molar-refractivity contribution >= 4 is 40.8 Å². The van der Waals surface area contributed by atoms with E-state index in [-0.39, 0.29) is 12.5 Å². The van der Waals surface area contributed by atoms with Gasteiger partial charge in [0, 0.05) is 5.69 Å². The second-order valence-corrected chi connectivity index (χ2v) is 5.81. The molecule has 7 heteroatoms. The van der Waals surface area contributed by atoms with Gasteiger partial charge < -0.3 is 10.4 Å². The standard InChI is InChI=1S/C14H16Cl2N2O3/c15-10-5-4-9(7-11(10)16)17-13(19)8-18-6-2-1-3-12(18)14(20)21/h4-5,7,12H,1-3,6,8H2,(H,17,19)(H,20,21). The van der Waals surface area contributed by atoms with E-state index in [1.807, 2.05) is 0 Å². The molecule has 0 spiro atoms. The molecule has 1 amide bonds. The van der Waals surface area contributed by atoms with Crippen molar-refractivity contribution in [3.63, 3.8) is 0 Å². The first-order valence-corrected chi connectivity index (χ1v) is 7.44. The highest BCUT2D eigenvalue weighted by Crippen LogP contribution is 2.25. The maximum atomic E-state index is 12.0. The van der Waals surface area contributed by atoms with Crippen molar-refractivity contribution in [2.45, 2.75) is 25.3 Å². The number of nitrogens with one attached hydrogen (secondary N) is 1. The van der Waals surface area contributed by atoms with Crippen LogP contribution in [0.3, 0.4) is 0 Å². The molecule has 1 unspecified atom stereocenters. The van der Waals surface area contributed by atoms with E-state index in [2.05, 4.69) is 5.32 Å². The predicted molar refractivity (Wildman–Crippen MR) is 81.9 cm³/mol. The molecule has 1 aromatic rings. The molecular formula is C14H16Cl2N2O3. The number of aliphatic carboxylic acids is 1. The summed E-state index contributed by atoms with van der Waals surface area (Å²) in [7, 11) is 0. The highest BCUT2D eigenvalue weighted by atomic mass is 35.5. The normalized spacial score (nSPS) is 19.2. The average molecular weight is 331 g/mol. The first kappa shape index (κ1) is 16.1. The average Bonchev–Trinajstić information content (AvgIpc) is 2.43. The summed E-state index contributed by atoms with van der Waals surface area (Å²) in [6.07, 6.45) is 2.36. The highest BCUT2D eigenvalue weighted by Gasteiger charge is 2.29. The Labute approximate surface area is 132 Å². The maximum absolute atomic E-state index is 12.0. The monoisotopic (exact) mass is 330 g/mol. The molecule has 5 nitrogen and oxygen atoms in total. The Hall–Kier alpha value is -1.30. The number of carbonyl (C=O) groups excluding carboxylic acids is 1. The second kappa shape index (κ2) is 7.11. The SMILES string of the molecule is O=C(CN1CCCCC1C(=O)O)Nc1ccc(Cl)c(Cl)c1. The summed E-state index contributed by atoms with van der Waals surface area (Å²) in [5.74, 6) is -1.14. The zero-order chi connectivity index (χ0) is 15.4. The third-order valence-corrected chi connectivity index (χ3v) is 4.19. The minimum absolute atomic E-state index is 0.0528. The van der Waals surface area contributed by atoms with Gasteiger partial charge in [0.1, 0.15) is 6.04 Å². The van der Waals surface area contributed by atoms with Crippen molar-refractivity contribution in [3.05, 3.63) is 28.2 Å². The van der Waals surface area contributed by atoms with E-state index in [1.165, 1.54) is 0 Å². The number of nitrogens with zero attached hydrogens (tertiary/aromatic N) is 1. The van der Waals surface area contributed by atoms with E-state index < -0.39 is 12.0 Å². The molecule has 0 saturated carbocycles.